The minimum atomic E-state index is 0.0650. The van der Waals surface area contributed by atoms with E-state index >= 15 is 0 Å². The molecule has 0 aromatic heterocycles. The van der Waals surface area contributed by atoms with Crippen LogP contribution >= 0.6 is 0 Å². The third-order valence-corrected chi connectivity index (χ3v) is 2.86. The van der Waals surface area contributed by atoms with Crippen LogP contribution in [0.25, 0.3) is 0 Å². The molecule has 0 radical (unpaired) electrons. The van der Waals surface area contributed by atoms with Crippen molar-refractivity contribution >= 4 is 11.8 Å². The molecule has 0 spiro atoms. The van der Waals surface area contributed by atoms with Crippen molar-refractivity contribution in [1.29, 1.82) is 0 Å². The van der Waals surface area contributed by atoms with Crippen LogP contribution in [0.2, 0.25) is 0 Å². The van der Waals surface area contributed by atoms with E-state index in [-0.39, 0.29) is 18.4 Å². The molecule has 0 bridgehead atoms. The van der Waals surface area contributed by atoms with Gasteiger partial charge in [0, 0.05) is 26.1 Å². The minimum absolute atomic E-state index is 0.0650. The van der Waals surface area contributed by atoms with E-state index in [1.807, 2.05) is 13.8 Å². The number of likely N-dealkylation sites (tertiary alicyclic amines) is 1. The van der Waals surface area contributed by atoms with Crippen molar-refractivity contribution in [3.63, 3.8) is 0 Å². The first-order chi connectivity index (χ1) is 7.19. The lowest BCUT2D eigenvalue weighted by molar-refractivity contribution is -0.141. The molecule has 1 saturated heterocycles. The van der Waals surface area contributed by atoms with Gasteiger partial charge in [-0.05, 0) is 26.7 Å². The molecule has 86 valence electrons. The van der Waals surface area contributed by atoms with E-state index in [4.69, 9.17) is 0 Å². The second-order valence-electron chi connectivity index (χ2n) is 3.84. The molecule has 0 atom stereocenters. The lowest BCUT2D eigenvalue weighted by Gasteiger charge is -2.28. The number of amides is 2. The van der Waals surface area contributed by atoms with E-state index in [1.54, 1.807) is 9.80 Å². The number of hydrogen-bond donors (Lipinski definition) is 0. The highest BCUT2D eigenvalue weighted by Crippen LogP contribution is 2.10. The summed E-state index contributed by atoms with van der Waals surface area (Å²) in [7, 11) is 0. The Morgan fingerprint density at radius 2 is 2.00 bits per heavy atom. The van der Waals surface area contributed by atoms with Gasteiger partial charge in [-0.3, -0.25) is 9.59 Å². The second kappa shape index (κ2) is 5.73. The molecule has 2 amide bonds. The predicted octanol–water partition coefficient (Wildman–Crippen LogP) is 0.867. The number of carbonyl (C=O) groups excluding carboxylic acids is 2. The fourth-order valence-electron chi connectivity index (χ4n) is 1.87. The summed E-state index contributed by atoms with van der Waals surface area (Å²) in [6, 6.07) is 0. The number of carbonyl (C=O) groups is 2. The van der Waals surface area contributed by atoms with Gasteiger partial charge in [0.1, 0.15) is 0 Å². The Morgan fingerprint density at radius 3 is 2.53 bits per heavy atom. The average molecular weight is 212 g/mol. The van der Waals surface area contributed by atoms with E-state index < -0.39 is 0 Å². The summed E-state index contributed by atoms with van der Waals surface area (Å²) >= 11 is 0. The topological polar surface area (TPSA) is 40.6 Å². The molecule has 1 heterocycles. The largest absolute Gasteiger partial charge is 0.342 e. The van der Waals surface area contributed by atoms with Gasteiger partial charge in [0.2, 0.25) is 11.8 Å². The monoisotopic (exact) mass is 212 g/mol. The van der Waals surface area contributed by atoms with Crippen molar-refractivity contribution < 1.29 is 9.59 Å². The van der Waals surface area contributed by atoms with Gasteiger partial charge in [0.15, 0.2) is 0 Å². The van der Waals surface area contributed by atoms with Crippen molar-refractivity contribution in [2.75, 3.05) is 26.2 Å². The van der Waals surface area contributed by atoms with E-state index in [9.17, 15) is 9.59 Å². The first-order valence-electron chi connectivity index (χ1n) is 5.74. The molecule has 0 aromatic rings. The van der Waals surface area contributed by atoms with E-state index in [0.717, 1.165) is 32.5 Å². The molecule has 1 aliphatic rings. The Balaban J connectivity index is 2.45. The zero-order valence-corrected chi connectivity index (χ0v) is 9.66. The van der Waals surface area contributed by atoms with Crippen molar-refractivity contribution in [3.8, 4) is 0 Å². The smallest absolute Gasteiger partial charge is 0.242 e. The maximum Gasteiger partial charge on any atom is 0.242 e. The van der Waals surface area contributed by atoms with Gasteiger partial charge in [0.25, 0.3) is 0 Å². The third-order valence-electron chi connectivity index (χ3n) is 2.86. The number of piperidine rings is 1. The van der Waals surface area contributed by atoms with Crippen LogP contribution in [0.5, 0.6) is 0 Å². The number of hydrogen-bond acceptors (Lipinski definition) is 2. The van der Waals surface area contributed by atoms with E-state index in [0.29, 0.717) is 6.42 Å². The zero-order chi connectivity index (χ0) is 11.3. The minimum Gasteiger partial charge on any atom is -0.342 e. The van der Waals surface area contributed by atoms with Crippen LogP contribution in [0.1, 0.15) is 33.1 Å². The summed E-state index contributed by atoms with van der Waals surface area (Å²) in [5, 5.41) is 0. The van der Waals surface area contributed by atoms with Gasteiger partial charge < -0.3 is 9.80 Å². The molecule has 4 heteroatoms. The number of nitrogens with zero attached hydrogens (tertiary/aromatic N) is 2. The Morgan fingerprint density at radius 1 is 1.33 bits per heavy atom. The summed E-state index contributed by atoms with van der Waals surface area (Å²) in [5.74, 6) is 0.192. The lowest BCUT2D eigenvalue weighted by Crippen LogP contribution is -2.44. The average Bonchev–Trinajstić information content (AvgIpc) is 2.23. The van der Waals surface area contributed by atoms with Gasteiger partial charge in [-0.25, -0.2) is 0 Å². The molecule has 1 rings (SSSR count). The summed E-state index contributed by atoms with van der Waals surface area (Å²) in [6.45, 7) is 6.36. The molecular formula is C11H20N2O2. The standard InChI is InChI=1S/C11H20N2O2/c1-3-12(4-2)11(15)9-13-8-6-5-7-10(13)14/h3-9H2,1-2H3. The molecule has 4 nitrogen and oxygen atoms in total. The summed E-state index contributed by atoms with van der Waals surface area (Å²) in [5.41, 5.74) is 0. The van der Waals surface area contributed by atoms with Gasteiger partial charge in [-0.15, -0.1) is 0 Å². The summed E-state index contributed by atoms with van der Waals surface area (Å²) in [4.78, 5) is 26.7. The van der Waals surface area contributed by atoms with Gasteiger partial charge >= 0.3 is 0 Å². The van der Waals surface area contributed by atoms with Gasteiger partial charge in [-0.2, -0.15) is 0 Å². The normalized spacial score (nSPS) is 16.7. The maximum absolute atomic E-state index is 11.8. The molecule has 0 unspecified atom stereocenters. The molecule has 0 saturated carbocycles. The molecule has 0 aromatic carbocycles. The summed E-state index contributed by atoms with van der Waals surface area (Å²) in [6.07, 6.45) is 2.59. The molecule has 1 aliphatic heterocycles. The first-order valence-corrected chi connectivity index (χ1v) is 5.74. The number of rotatable bonds is 4. The first kappa shape index (κ1) is 12.0. The van der Waals surface area contributed by atoms with Crippen LogP contribution in [0.15, 0.2) is 0 Å². The van der Waals surface area contributed by atoms with Crippen molar-refractivity contribution in [1.82, 2.24) is 9.80 Å². The Hall–Kier alpha value is -1.06. The maximum atomic E-state index is 11.8. The van der Waals surface area contributed by atoms with Crippen molar-refractivity contribution in [2.45, 2.75) is 33.1 Å². The second-order valence-corrected chi connectivity index (χ2v) is 3.84. The lowest BCUT2D eigenvalue weighted by atomic mass is 10.1. The van der Waals surface area contributed by atoms with E-state index in [2.05, 4.69) is 0 Å². The van der Waals surface area contributed by atoms with Crippen LogP contribution in [-0.4, -0.2) is 47.8 Å². The van der Waals surface area contributed by atoms with Crippen LogP contribution < -0.4 is 0 Å². The molecule has 15 heavy (non-hydrogen) atoms. The highest BCUT2D eigenvalue weighted by Gasteiger charge is 2.21. The fraction of sp³-hybridized carbons (Fsp3) is 0.818. The quantitative estimate of drug-likeness (QED) is 0.693. The van der Waals surface area contributed by atoms with Crippen molar-refractivity contribution in [2.24, 2.45) is 0 Å². The van der Waals surface area contributed by atoms with Gasteiger partial charge in [-0.1, -0.05) is 0 Å². The highest BCUT2D eigenvalue weighted by atomic mass is 16.2. The van der Waals surface area contributed by atoms with Crippen LogP contribution in [0, 0.1) is 0 Å². The highest BCUT2D eigenvalue weighted by molar-refractivity contribution is 5.85. The van der Waals surface area contributed by atoms with Crippen LogP contribution in [0.4, 0.5) is 0 Å². The fourth-order valence-corrected chi connectivity index (χ4v) is 1.87. The molecule has 0 aliphatic carbocycles. The summed E-state index contributed by atoms with van der Waals surface area (Å²) < 4.78 is 0. The Labute approximate surface area is 91.2 Å². The SMILES string of the molecule is CCN(CC)C(=O)CN1CCCCC1=O. The Bertz CT molecular complexity index is 237. The predicted molar refractivity (Wildman–Crippen MR) is 58.4 cm³/mol. The molecule has 0 N–H and O–H groups in total. The Kier molecular flexibility index (Phi) is 4.59. The van der Waals surface area contributed by atoms with E-state index in [1.165, 1.54) is 0 Å². The van der Waals surface area contributed by atoms with Gasteiger partial charge in [0.05, 0.1) is 6.54 Å². The van der Waals surface area contributed by atoms with Crippen molar-refractivity contribution in [3.05, 3.63) is 0 Å². The third kappa shape index (κ3) is 3.22. The van der Waals surface area contributed by atoms with Crippen LogP contribution in [-0.2, 0) is 9.59 Å². The van der Waals surface area contributed by atoms with Crippen LogP contribution in [0.3, 0.4) is 0 Å². The zero-order valence-electron chi connectivity index (χ0n) is 9.66. The number of likely N-dealkylation sites (N-methyl/N-ethyl adjacent to an activating group) is 1. The molecule has 1 fully saturated rings. The molecular weight excluding hydrogens is 192 g/mol.